The zero-order chi connectivity index (χ0) is 13.7. The third-order valence-corrected chi connectivity index (χ3v) is 2.82. The van der Waals surface area contributed by atoms with Gasteiger partial charge in [0.05, 0.1) is 18.8 Å². The van der Waals surface area contributed by atoms with E-state index in [0.717, 1.165) is 5.69 Å². The highest BCUT2D eigenvalue weighted by atomic mass is 16.5. The van der Waals surface area contributed by atoms with E-state index < -0.39 is 6.04 Å². The van der Waals surface area contributed by atoms with E-state index in [9.17, 15) is 4.79 Å². The predicted octanol–water partition coefficient (Wildman–Crippen LogP) is 2.03. The molecule has 0 radical (unpaired) electrons. The largest absolute Gasteiger partial charge is 0.495 e. The Balaban J connectivity index is 2.86. The number of ether oxygens (including phenoxy) is 1. The molecule has 1 amide bonds. The van der Waals surface area contributed by atoms with Gasteiger partial charge in [-0.25, -0.2) is 0 Å². The summed E-state index contributed by atoms with van der Waals surface area (Å²) in [6.07, 6.45) is 0.679. The summed E-state index contributed by atoms with van der Waals surface area (Å²) in [6, 6.07) is 6.94. The third kappa shape index (κ3) is 3.47. The number of hydrogen-bond acceptors (Lipinski definition) is 3. The van der Waals surface area contributed by atoms with Gasteiger partial charge in [-0.1, -0.05) is 26.0 Å². The van der Waals surface area contributed by atoms with Gasteiger partial charge in [-0.3, -0.25) is 4.79 Å². The van der Waals surface area contributed by atoms with Crippen molar-refractivity contribution in [2.75, 3.05) is 19.1 Å². The van der Waals surface area contributed by atoms with E-state index in [4.69, 9.17) is 10.5 Å². The number of benzene rings is 1. The molecule has 1 rings (SSSR count). The van der Waals surface area contributed by atoms with Crippen LogP contribution in [0.3, 0.4) is 0 Å². The van der Waals surface area contributed by atoms with E-state index in [1.165, 1.54) is 0 Å². The topological polar surface area (TPSA) is 55.6 Å². The Labute approximate surface area is 109 Å². The average Bonchev–Trinajstić information content (AvgIpc) is 2.36. The van der Waals surface area contributed by atoms with Gasteiger partial charge >= 0.3 is 0 Å². The molecule has 1 aromatic rings. The lowest BCUT2D eigenvalue weighted by atomic mass is 10.0. The Morgan fingerprint density at radius 3 is 2.56 bits per heavy atom. The lowest BCUT2D eigenvalue weighted by molar-refractivity contribution is -0.119. The second-order valence-corrected chi connectivity index (χ2v) is 4.81. The number of rotatable bonds is 5. The second kappa shape index (κ2) is 6.40. The Bertz CT molecular complexity index is 405. The first kappa shape index (κ1) is 14.5. The number of amides is 1. The molecule has 0 spiro atoms. The van der Waals surface area contributed by atoms with Crippen molar-refractivity contribution < 1.29 is 9.53 Å². The van der Waals surface area contributed by atoms with Crippen molar-refractivity contribution in [3.8, 4) is 5.75 Å². The minimum atomic E-state index is -0.472. The molecule has 0 aliphatic heterocycles. The lowest BCUT2D eigenvalue weighted by Crippen LogP contribution is -2.42. The molecule has 4 heteroatoms. The number of methoxy groups -OCH3 is 1. The van der Waals surface area contributed by atoms with Crippen LogP contribution in [-0.2, 0) is 4.79 Å². The summed E-state index contributed by atoms with van der Waals surface area (Å²) < 4.78 is 5.24. The van der Waals surface area contributed by atoms with Crippen LogP contribution in [0.1, 0.15) is 20.3 Å². The molecule has 0 unspecified atom stereocenters. The highest BCUT2D eigenvalue weighted by Gasteiger charge is 2.21. The van der Waals surface area contributed by atoms with Crippen LogP contribution in [0.4, 0.5) is 5.69 Å². The number of likely N-dealkylation sites (N-methyl/N-ethyl adjacent to an activating group) is 1. The van der Waals surface area contributed by atoms with Crippen LogP contribution in [-0.4, -0.2) is 26.1 Å². The van der Waals surface area contributed by atoms with E-state index in [2.05, 4.69) is 13.8 Å². The number of anilines is 1. The van der Waals surface area contributed by atoms with Gasteiger partial charge in [0.1, 0.15) is 5.75 Å². The fourth-order valence-electron chi connectivity index (χ4n) is 1.88. The molecule has 18 heavy (non-hydrogen) atoms. The zero-order valence-corrected chi connectivity index (χ0v) is 11.5. The lowest BCUT2D eigenvalue weighted by Gasteiger charge is -2.23. The number of nitrogens with zero attached hydrogens (tertiary/aromatic N) is 1. The number of carbonyl (C=O) groups excluding carboxylic acids is 1. The van der Waals surface area contributed by atoms with Crippen LogP contribution in [0.25, 0.3) is 0 Å². The van der Waals surface area contributed by atoms with Crippen LogP contribution >= 0.6 is 0 Å². The van der Waals surface area contributed by atoms with Crippen molar-refractivity contribution in [1.82, 2.24) is 0 Å². The van der Waals surface area contributed by atoms with Crippen molar-refractivity contribution in [3.63, 3.8) is 0 Å². The molecule has 0 bridgehead atoms. The van der Waals surface area contributed by atoms with E-state index in [1.807, 2.05) is 24.3 Å². The number of nitrogens with two attached hydrogens (primary N) is 1. The van der Waals surface area contributed by atoms with Crippen molar-refractivity contribution in [1.29, 1.82) is 0 Å². The van der Waals surface area contributed by atoms with E-state index in [1.54, 1.807) is 19.1 Å². The van der Waals surface area contributed by atoms with Gasteiger partial charge in [0.15, 0.2) is 0 Å². The van der Waals surface area contributed by atoms with Crippen LogP contribution in [0.5, 0.6) is 5.75 Å². The van der Waals surface area contributed by atoms with Crippen LogP contribution in [0, 0.1) is 5.92 Å². The Kier molecular flexibility index (Phi) is 5.16. The molecule has 0 heterocycles. The molecule has 0 saturated carbocycles. The smallest absolute Gasteiger partial charge is 0.243 e. The molecule has 0 aliphatic rings. The first-order valence-corrected chi connectivity index (χ1v) is 6.13. The number of carbonyl (C=O) groups is 1. The van der Waals surface area contributed by atoms with Crippen molar-refractivity contribution in [2.45, 2.75) is 26.3 Å². The van der Waals surface area contributed by atoms with Crippen molar-refractivity contribution in [2.24, 2.45) is 11.7 Å². The monoisotopic (exact) mass is 250 g/mol. The summed E-state index contributed by atoms with van der Waals surface area (Å²) in [6.45, 7) is 4.10. The zero-order valence-electron chi connectivity index (χ0n) is 11.5. The van der Waals surface area contributed by atoms with Crippen molar-refractivity contribution in [3.05, 3.63) is 24.3 Å². The second-order valence-electron chi connectivity index (χ2n) is 4.81. The Morgan fingerprint density at radius 1 is 1.39 bits per heavy atom. The summed E-state index contributed by atoms with van der Waals surface area (Å²) in [5, 5.41) is 0. The summed E-state index contributed by atoms with van der Waals surface area (Å²) in [5.74, 6) is 0.980. The molecule has 100 valence electrons. The standard InChI is InChI=1S/C14H22N2O2/c1-10(2)9-11(15)14(17)16(3)12-7-5-6-8-13(12)18-4/h5-8,10-11H,9,15H2,1-4H3/t11-/m0/s1. The van der Waals surface area contributed by atoms with Gasteiger partial charge in [-0.05, 0) is 24.5 Å². The molecule has 0 saturated heterocycles. The van der Waals surface area contributed by atoms with Gasteiger partial charge in [0, 0.05) is 7.05 Å². The molecule has 0 aromatic heterocycles. The molecule has 1 aromatic carbocycles. The van der Waals surface area contributed by atoms with Crippen LogP contribution in [0.2, 0.25) is 0 Å². The maximum Gasteiger partial charge on any atom is 0.243 e. The quantitative estimate of drug-likeness (QED) is 0.870. The van der Waals surface area contributed by atoms with E-state index >= 15 is 0 Å². The maximum absolute atomic E-state index is 12.2. The highest BCUT2D eigenvalue weighted by Crippen LogP contribution is 2.27. The molecule has 0 fully saturated rings. The van der Waals surface area contributed by atoms with E-state index in [-0.39, 0.29) is 5.91 Å². The molecule has 2 N–H and O–H groups in total. The number of hydrogen-bond donors (Lipinski definition) is 1. The predicted molar refractivity (Wildman–Crippen MR) is 73.8 cm³/mol. The minimum absolute atomic E-state index is 0.0896. The van der Waals surface area contributed by atoms with Crippen molar-refractivity contribution >= 4 is 11.6 Å². The van der Waals surface area contributed by atoms with Crippen LogP contribution < -0.4 is 15.4 Å². The Morgan fingerprint density at radius 2 is 2.00 bits per heavy atom. The van der Waals surface area contributed by atoms with Gasteiger partial charge in [0.2, 0.25) is 5.91 Å². The molecule has 1 atom stereocenters. The van der Waals surface area contributed by atoms with Gasteiger partial charge in [0.25, 0.3) is 0 Å². The third-order valence-electron chi connectivity index (χ3n) is 2.82. The molecular weight excluding hydrogens is 228 g/mol. The van der Waals surface area contributed by atoms with Gasteiger partial charge in [-0.15, -0.1) is 0 Å². The highest BCUT2D eigenvalue weighted by molar-refractivity contribution is 5.97. The van der Waals surface area contributed by atoms with Gasteiger partial charge < -0.3 is 15.4 Å². The molecule has 0 aliphatic carbocycles. The normalized spacial score (nSPS) is 12.3. The van der Waals surface area contributed by atoms with Gasteiger partial charge in [-0.2, -0.15) is 0 Å². The molecule has 4 nitrogen and oxygen atoms in total. The first-order valence-electron chi connectivity index (χ1n) is 6.13. The summed E-state index contributed by atoms with van der Waals surface area (Å²) in [5.41, 5.74) is 6.66. The summed E-state index contributed by atoms with van der Waals surface area (Å²) >= 11 is 0. The van der Waals surface area contributed by atoms with Crippen LogP contribution in [0.15, 0.2) is 24.3 Å². The fraction of sp³-hybridized carbons (Fsp3) is 0.500. The SMILES string of the molecule is COc1ccccc1N(C)C(=O)[C@@H](N)CC(C)C. The molecular formula is C14H22N2O2. The van der Waals surface area contributed by atoms with E-state index in [0.29, 0.717) is 18.1 Å². The summed E-state index contributed by atoms with van der Waals surface area (Å²) in [7, 11) is 3.31. The summed E-state index contributed by atoms with van der Waals surface area (Å²) in [4.78, 5) is 13.8. The first-order chi connectivity index (χ1) is 8.47. The average molecular weight is 250 g/mol. The Hall–Kier alpha value is -1.55. The maximum atomic E-state index is 12.2. The fourth-order valence-corrected chi connectivity index (χ4v) is 1.88. The number of para-hydroxylation sites is 2. The minimum Gasteiger partial charge on any atom is -0.495 e.